The van der Waals surface area contributed by atoms with Crippen LogP contribution < -0.4 is 0 Å². The fraction of sp³-hybridized carbons (Fsp3) is 0.333. The molecule has 15 heavy (non-hydrogen) atoms. The highest BCUT2D eigenvalue weighted by Crippen LogP contribution is 2.30. The summed E-state index contributed by atoms with van der Waals surface area (Å²) in [4.78, 5) is 14.3. The average Bonchev–Trinajstić information content (AvgIpc) is 2.14. The van der Waals surface area contributed by atoms with Crippen LogP contribution in [0.1, 0.15) is 21.6 Å². The summed E-state index contributed by atoms with van der Waals surface area (Å²) in [5.41, 5.74) is -1.33. The summed E-state index contributed by atoms with van der Waals surface area (Å²) in [5.74, 6) is -1.04. The van der Waals surface area contributed by atoms with Crippen LogP contribution in [0, 0.1) is 6.92 Å². The van der Waals surface area contributed by atoms with Gasteiger partial charge >= 0.3 is 12.1 Å². The minimum atomic E-state index is -4.66. The van der Waals surface area contributed by atoms with Crippen LogP contribution >= 0.6 is 0 Å². The van der Waals surface area contributed by atoms with Gasteiger partial charge in [0.1, 0.15) is 0 Å². The van der Waals surface area contributed by atoms with Gasteiger partial charge < -0.3 is 4.74 Å². The van der Waals surface area contributed by atoms with Gasteiger partial charge in [0.15, 0.2) is 5.69 Å². The molecule has 0 radical (unpaired) electrons. The van der Waals surface area contributed by atoms with Crippen LogP contribution in [-0.2, 0) is 10.9 Å². The number of carbonyl (C=O) groups excluding carboxylic acids is 1. The number of aryl methyl sites for hydroxylation is 1. The van der Waals surface area contributed by atoms with Crippen molar-refractivity contribution in [3.63, 3.8) is 0 Å². The highest BCUT2D eigenvalue weighted by atomic mass is 19.4. The SMILES string of the molecule is COC(=O)c1cc(C)cnc1C(F)(F)F. The molecule has 1 aromatic heterocycles. The lowest BCUT2D eigenvalue weighted by atomic mass is 10.1. The van der Waals surface area contributed by atoms with Crippen molar-refractivity contribution >= 4 is 5.97 Å². The lowest BCUT2D eigenvalue weighted by molar-refractivity contribution is -0.141. The number of halogens is 3. The van der Waals surface area contributed by atoms with E-state index in [2.05, 4.69) is 9.72 Å². The van der Waals surface area contributed by atoms with E-state index in [1.54, 1.807) is 6.92 Å². The quantitative estimate of drug-likeness (QED) is 0.679. The fourth-order valence-electron chi connectivity index (χ4n) is 1.06. The van der Waals surface area contributed by atoms with Crippen molar-refractivity contribution in [2.75, 3.05) is 7.11 Å². The Bertz CT molecular complexity index is 387. The number of pyridine rings is 1. The molecule has 0 atom stereocenters. The van der Waals surface area contributed by atoms with Crippen molar-refractivity contribution in [1.29, 1.82) is 0 Å². The van der Waals surface area contributed by atoms with Gasteiger partial charge in [-0.1, -0.05) is 0 Å². The minimum absolute atomic E-state index is 0.461. The Morgan fingerprint density at radius 1 is 1.47 bits per heavy atom. The second kappa shape index (κ2) is 3.88. The van der Waals surface area contributed by atoms with E-state index < -0.39 is 23.4 Å². The fourth-order valence-corrected chi connectivity index (χ4v) is 1.06. The molecule has 0 N–H and O–H groups in total. The van der Waals surface area contributed by atoms with Crippen molar-refractivity contribution in [1.82, 2.24) is 4.98 Å². The zero-order valence-electron chi connectivity index (χ0n) is 8.05. The molecule has 1 rings (SSSR count). The van der Waals surface area contributed by atoms with Crippen molar-refractivity contribution in [3.05, 3.63) is 29.1 Å². The van der Waals surface area contributed by atoms with Gasteiger partial charge in [0.2, 0.25) is 0 Å². The van der Waals surface area contributed by atoms with Gasteiger partial charge in [-0.15, -0.1) is 0 Å². The summed E-state index contributed by atoms with van der Waals surface area (Å²) in [6.45, 7) is 1.54. The predicted molar refractivity (Wildman–Crippen MR) is 45.3 cm³/mol. The summed E-state index contributed by atoms with van der Waals surface area (Å²) >= 11 is 0. The number of carbonyl (C=O) groups is 1. The maximum absolute atomic E-state index is 12.4. The van der Waals surface area contributed by atoms with E-state index in [1.807, 2.05) is 0 Å². The molecule has 0 spiro atoms. The number of hydrogen-bond donors (Lipinski definition) is 0. The molecule has 0 aliphatic heterocycles. The summed E-state index contributed by atoms with van der Waals surface area (Å²) in [7, 11) is 1.02. The Balaban J connectivity index is 3.33. The van der Waals surface area contributed by atoms with Gasteiger partial charge in [-0.3, -0.25) is 4.98 Å². The van der Waals surface area contributed by atoms with E-state index in [0.29, 0.717) is 5.56 Å². The summed E-state index contributed by atoms with van der Waals surface area (Å²) in [6.07, 6.45) is -3.60. The van der Waals surface area contributed by atoms with Gasteiger partial charge in [-0.05, 0) is 18.6 Å². The van der Waals surface area contributed by atoms with E-state index >= 15 is 0 Å². The van der Waals surface area contributed by atoms with E-state index in [1.165, 1.54) is 0 Å². The minimum Gasteiger partial charge on any atom is -0.465 e. The lowest BCUT2D eigenvalue weighted by Gasteiger charge is -2.10. The molecule has 0 bridgehead atoms. The zero-order valence-corrected chi connectivity index (χ0v) is 8.05. The standard InChI is InChI=1S/C9H8F3NO2/c1-5-3-6(8(14)15-2)7(13-4-5)9(10,11)12/h3-4H,1-2H3. The average molecular weight is 219 g/mol. The van der Waals surface area contributed by atoms with Gasteiger partial charge in [0.25, 0.3) is 0 Å². The topological polar surface area (TPSA) is 39.2 Å². The highest BCUT2D eigenvalue weighted by molar-refractivity contribution is 5.90. The lowest BCUT2D eigenvalue weighted by Crippen LogP contribution is -2.16. The third-order valence-electron chi connectivity index (χ3n) is 1.70. The molecule has 0 amide bonds. The monoisotopic (exact) mass is 219 g/mol. The largest absolute Gasteiger partial charge is 0.465 e. The molecular weight excluding hydrogens is 211 g/mol. The van der Waals surface area contributed by atoms with Crippen molar-refractivity contribution in [2.45, 2.75) is 13.1 Å². The van der Waals surface area contributed by atoms with E-state index in [-0.39, 0.29) is 0 Å². The number of ether oxygens (including phenoxy) is 1. The van der Waals surface area contributed by atoms with Crippen LogP contribution in [0.2, 0.25) is 0 Å². The second-order valence-corrected chi connectivity index (χ2v) is 2.90. The molecule has 0 aliphatic rings. The number of alkyl halides is 3. The Hall–Kier alpha value is -1.59. The molecule has 0 fully saturated rings. The number of rotatable bonds is 1. The summed E-state index contributed by atoms with van der Waals surface area (Å²) in [5, 5.41) is 0. The van der Waals surface area contributed by atoms with Gasteiger partial charge in [0, 0.05) is 6.20 Å². The normalized spacial score (nSPS) is 11.3. The summed E-state index contributed by atoms with van der Waals surface area (Å²) in [6, 6.07) is 1.10. The van der Waals surface area contributed by atoms with Crippen LogP contribution in [0.3, 0.4) is 0 Å². The van der Waals surface area contributed by atoms with Crippen LogP contribution in [0.25, 0.3) is 0 Å². The summed E-state index contributed by atoms with van der Waals surface area (Å²) < 4.78 is 41.5. The molecule has 0 unspecified atom stereocenters. The highest BCUT2D eigenvalue weighted by Gasteiger charge is 2.37. The Labute approximate surface area is 83.9 Å². The first kappa shape index (κ1) is 11.5. The number of methoxy groups -OCH3 is 1. The van der Waals surface area contributed by atoms with Crippen LogP contribution in [-0.4, -0.2) is 18.1 Å². The number of nitrogens with zero attached hydrogens (tertiary/aromatic N) is 1. The van der Waals surface area contributed by atoms with E-state index in [9.17, 15) is 18.0 Å². The van der Waals surface area contributed by atoms with Gasteiger partial charge in [-0.2, -0.15) is 13.2 Å². The van der Waals surface area contributed by atoms with Crippen molar-refractivity contribution in [2.24, 2.45) is 0 Å². The first-order valence-corrected chi connectivity index (χ1v) is 3.98. The van der Waals surface area contributed by atoms with Gasteiger partial charge in [-0.25, -0.2) is 4.79 Å². The molecular formula is C9H8F3NO2. The maximum Gasteiger partial charge on any atom is 0.434 e. The molecule has 0 aromatic carbocycles. The first-order chi connectivity index (χ1) is 6.86. The Morgan fingerprint density at radius 2 is 2.07 bits per heavy atom. The Kier molecular flexibility index (Phi) is 2.97. The molecule has 3 nitrogen and oxygen atoms in total. The van der Waals surface area contributed by atoms with Crippen LogP contribution in [0.5, 0.6) is 0 Å². The van der Waals surface area contributed by atoms with Gasteiger partial charge in [0.05, 0.1) is 12.7 Å². The Morgan fingerprint density at radius 3 is 2.53 bits per heavy atom. The molecule has 0 aliphatic carbocycles. The van der Waals surface area contributed by atoms with E-state index in [0.717, 1.165) is 19.4 Å². The predicted octanol–water partition coefficient (Wildman–Crippen LogP) is 2.20. The second-order valence-electron chi connectivity index (χ2n) is 2.90. The van der Waals surface area contributed by atoms with E-state index in [4.69, 9.17) is 0 Å². The maximum atomic E-state index is 12.4. The molecule has 0 saturated heterocycles. The first-order valence-electron chi connectivity index (χ1n) is 3.98. The van der Waals surface area contributed by atoms with Crippen LogP contribution in [0.15, 0.2) is 12.3 Å². The number of aromatic nitrogens is 1. The number of esters is 1. The molecule has 1 aromatic rings. The zero-order chi connectivity index (χ0) is 11.6. The number of hydrogen-bond acceptors (Lipinski definition) is 3. The third kappa shape index (κ3) is 2.45. The third-order valence-corrected chi connectivity index (χ3v) is 1.70. The molecule has 0 saturated carbocycles. The van der Waals surface area contributed by atoms with Crippen molar-refractivity contribution < 1.29 is 22.7 Å². The molecule has 6 heteroatoms. The smallest absolute Gasteiger partial charge is 0.434 e. The molecule has 1 heterocycles. The molecule has 82 valence electrons. The van der Waals surface area contributed by atoms with Crippen LogP contribution in [0.4, 0.5) is 13.2 Å². The van der Waals surface area contributed by atoms with Crippen molar-refractivity contribution in [3.8, 4) is 0 Å².